The molecule has 0 unspecified atom stereocenters. The molecule has 0 fully saturated rings. The third-order valence-corrected chi connectivity index (χ3v) is 3.78. The van der Waals surface area contributed by atoms with Crippen LogP contribution in [-0.2, 0) is 11.2 Å². The Labute approximate surface area is 132 Å². The number of carbonyl (C=O) groups is 1. The van der Waals surface area contributed by atoms with E-state index in [9.17, 15) is 4.79 Å². The molecule has 0 aliphatic carbocycles. The Bertz CT molecular complexity index is 621. The summed E-state index contributed by atoms with van der Waals surface area (Å²) in [6.45, 7) is 0. The SMILES string of the molecule is CN(C)c1ccc(-c2ccccc2)c(CCCCC(=O)O)c1. The molecule has 0 spiro atoms. The van der Waals surface area contributed by atoms with Crippen LogP contribution in [0, 0.1) is 0 Å². The minimum atomic E-state index is -0.717. The molecule has 2 aromatic rings. The van der Waals surface area contributed by atoms with Gasteiger partial charge in [-0.1, -0.05) is 36.4 Å². The van der Waals surface area contributed by atoms with Crippen LogP contribution in [0.4, 0.5) is 5.69 Å². The molecule has 22 heavy (non-hydrogen) atoms. The number of anilines is 1. The molecule has 0 amide bonds. The molecule has 0 aliphatic rings. The van der Waals surface area contributed by atoms with Crippen LogP contribution in [-0.4, -0.2) is 25.2 Å². The van der Waals surface area contributed by atoms with Crippen molar-refractivity contribution in [2.45, 2.75) is 25.7 Å². The van der Waals surface area contributed by atoms with Crippen LogP contribution in [0.2, 0.25) is 0 Å². The predicted molar refractivity (Wildman–Crippen MR) is 91.4 cm³/mol. The number of aliphatic carboxylic acids is 1. The first-order chi connectivity index (χ1) is 10.6. The summed E-state index contributed by atoms with van der Waals surface area (Å²) >= 11 is 0. The highest BCUT2D eigenvalue weighted by Gasteiger charge is 2.08. The maximum atomic E-state index is 10.6. The van der Waals surface area contributed by atoms with Crippen molar-refractivity contribution in [3.05, 3.63) is 54.1 Å². The van der Waals surface area contributed by atoms with Crippen LogP contribution in [0.25, 0.3) is 11.1 Å². The van der Waals surface area contributed by atoms with E-state index >= 15 is 0 Å². The molecule has 0 aromatic heterocycles. The van der Waals surface area contributed by atoms with Crippen molar-refractivity contribution in [3.8, 4) is 11.1 Å². The molecule has 0 atom stereocenters. The Hall–Kier alpha value is -2.29. The molecule has 1 N–H and O–H groups in total. The van der Waals surface area contributed by atoms with E-state index in [-0.39, 0.29) is 6.42 Å². The number of aryl methyl sites for hydroxylation is 1. The highest BCUT2D eigenvalue weighted by atomic mass is 16.4. The number of hydrogen-bond acceptors (Lipinski definition) is 2. The monoisotopic (exact) mass is 297 g/mol. The number of rotatable bonds is 7. The summed E-state index contributed by atoms with van der Waals surface area (Å²) < 4.78 is 0. The van der Waals surface area contributed by atoms with Crippen LogP contribution in [0.5, 0.6) is 0 Å². The van der Waals surface area contributed by atoms with Gasteiger partial charge in [-0.25, -0.2) is 0 Å². The van der Waals surface area contributed by atoms with Crippen molar-refractivity contribution in [3.63, 3.8) is 0 Å². The van der Waals surface area contributed by atoms with Gasteiger partial charge in [0.25, 0.3) is 0 Å². The van der Waals surface area contributed by atoms with E-state index in [1.54, 1.807) is 0 Å². The molecule has 0 aliphatic heterocycles. The summed E-state index contributed by atoms with van der Waals surface area (Å²) in [7, 11) is 4.07. The number of hydrogen-bond donors (Lipinski definition) is 1. The molecule has 0 radical (unpaired) electrons. The number of unbranched alkanes of at least 4 members (excludes halogenated alkanes) is 1. The molecular formula is C19H23NO2. The Morgan fingerprint density at radius 1 is 1.05 bits per heavy atom. The molecule has 0 heterocycles. The summed E-state index contributed by atoms with van der Waals surface area (Å²) in [6, 6.07) is 16.8. The second-order valence-corrected chi connectivity index (χ2v) is 5.70. The quantitative estimate of drug-likeness (QED) is 0.778. The summed E-state index contributed by atoms with van der Waals surface area (Å²) in [4.78, 5) is 12.7. The molecule has 0 bridgehead atoms. The van der Waals surface area contributed by atoms with Gasteiger partial charge in [0.15, 0.2) is 0 Å². The lowest BCUT2D eigenvalue weighted by Gasteiger charge is -2.17. The first-order valence-electron chi connectivity index (χ1n) is 7.65. The van der Waals surface area contributed by atoms with Gasteiger partial charge in [0.2, 0.25) is 0 Å². The Kier molecular flexibility index (Phi) is 5.59. The maximum Gasteiger partial charge on any atom is 0.303 e. The first kappa shape index (κ1) is 16.1. The standard InChI is InChI=1S/C19H23NO2/c1-20(2)17-12-13-18(15-8-4-3-5-9-15)16(14-17)10-6-7-11-19(21)22/h3-5,8-9,12-14H,6-7,10-11H2,1-2H3,(H,21,22). The van der Waals surface area contributed by atoms with Crippen LogP contribution in [0.3, 0.4) is 0 Å². The van der Waals surface area contributed by atoms with E-state index in [1.165, 1.54) is 22.4 Å². The second kappa shape index (κ2) is 7.64. The topological polar surface area (TPSA) is 40.5 Å². The van der Waals surface area contributed by atoms with E-state index in [4.69, 9.17) is 5.11 Å². The van der Waals surface area contributed by atoms with E-state index in [0.717, 1.165) is 19.3 Å². The van der Waals surface area contributed by atoms with Crippen LogP contribution < -0.4 is 4.90 Å². The zero-order valence-electron chi connectivity index (χ0n) is 13.2. The number of carboxylic acids is 1. The van der Waals surface area contributed by atoms with Crippen molar-refractivity contribution >= 4 is 11.7 Å². The third-order valence-electron chi connectivity index (χ3n) is 3.78. The van der Waals surface area contributed by atoms with Crippen molar-refractivity contribution in [1.29, 1.82) is 0 Å². The second-order valence-electron chi connectivity index (χ2n) is 5.70. The van der Waals surface area contributed by atoms with Gasteiger partial charge in [-0.15, -0.1) is 0 Å². The van der Waals surface area contributed by atoms with Crippen LogP contribution in [0.1, 0.15) is 24.8 Å². The van der Waals surface area contributed by atoms with Gasteiger partial charge in [-0.05, 0) is 48.1 Å². The van der Waals surface area contributed by atoms with E-state index in [0.29, 0.717) is 0 Å². The van der Waals surface area contributed by atoms with Crippen molar-refractivity contribution in [2.75, 3.05) is 19.0 Å². The van der Waals surface area contributed by atoms with E-state index in [1.807, 2.05) is 32.3 Å². The first-order valence-corrected chi connectivity index (χ1v) is 7.65. The zero-order valence-corrected chi connectivity index (χ0v) is 13.2. The maximum absolute atomic E-state index is 10.6. The van der Waals surface area contributed by atoms with Gasteiger partial charge >= 0.3 is 5.97 Å². The average molecular weight is 297 g/mol. The largest absolute Gasteiger partial charge is 0.481 e. The van der Waals surface area contributed by atoms with Crippen LogP contribution >= 0.6 is 0 Å². The fourth-order valence-corrected chi connectivity index (χ4v) is 2.56. The Balaban J connectivity index is 2.23. The van der Waals surface area contributed by atoms with Gasteiger partial charge in [0, 0.05) is 26.2 Å². The van der Waals surface area contributed by atoms with Crippen LogP contribution in [0.15, 0.2) is 48.5 Å². The molecule has 2 aromatic carbocycles. The Morgan fingerprint density at radius 3 is 2.41 bits per heavy atom. The van der Waals surface area contributed by atoms with E-state index < -0.39 is 5.97 Å². The normalized spacial score (nSPS) is 10.5. The highest BCUT2D eigenvalue weighted by Crippen LogP contribution is 2.28. The minimum absolute atomic E-state index is 0.244. The fraction of sp³-hybridized carbons (Fsp3) is 0.316. The zero-order chi connectivity index (χ0) is 15.9. The summed E-state index contributed by atoms with van der Waals surface area (Å²) in [5.74, 6) is -0.717. The van der Waals surface area contributed by atoms with Gasteiger partial charge in [-0.3, -0.25) is 4.79 Å². The minimum Gasteiger partial charge on any atom is -0.481 e. The van der Waals surface area contributed by atoms with Gasteiger partial charge in [0.05, 0.1) is 0 Å². The van der Waals surface area contributed by atoms with Crippen molar-refractivity contribution in [1.82, 2.24) is 0 Å². The highest BCUT2D eigenvalue weighted by molar-refractivity contribution is 5.70. The summed E-state index contributed by atoms with van der Waals surface area (Å²) in [6.07, 6.45) is 2.76. The molecule has 0 saturated carbocycles. The Morgan fingerprint density at radius 2 is 1.77 bits per heavy atom. The third kappa shape index (κ3) is 4.35. The fourth-order valence-electron chi connectivity index (χ4n) is 2.56. The molecule has 116 valence electrons. The number of benzene rings is 2. The van der Waals surface area contributed by atoms with Crippen molar-refractivity contribution < 1.29 is 9.90 Å². The lowest BCUT2D eigenvalue weighted by atomic mass is 9.95. The smallest absolute Gasteiger partial charge is 0.303 e. The molecule has 3 heteroatoms. The molecule has 0 saturated heterocycles. The predicted octanol–water partition coefficient (Wildman–Crippen LogP) is 4.22. The lowest BCUT2D eigenvalue weighted by molar-refractivity contribution is -0.137. The van der Waals surface area contributed by atoms with Gasteiger partial charge in [0.1, 0.15) is 0 Å². The van der Waals surface area contributed by atoms with Crippen molar-refractivity contribution in [2.24, 2.45) is 0 Å². The molecule has 2 rings (SSSR count). The average Bonchev–Trinajstić information content (AvgIpc) is 2.52. The van der Waals surface area contributed by atoms with E-state index in [2.05, 4.69) is 35.2 Å². The lowest BCUT2D eigenvalue weighted by Crippen LogP contribution is -2.09. The van der Waals surface area contributed by atoms with Gasteiger partial charge < -0.3 is 10.0 Å². The summed E-state index contributed by atoms with van der Waals surface area (Å²) in [5, 5.41) is 8.75. The number of nitrogens with zero attached hydrogens (tertiary/aromatic N) is 1. The number of carboxylic acid groups (broad SMARTS) is 1. The summed E-state index contributed by atoms with van der Waals surface area (Å²) in [5.41, 5.74) is 4.90. The van der Waals surface area contributed by atoms with Gasteiger partial charge in [-0.2, -0.15) is 0 Å². The molecular weight excluding hydrogens is 274 g/mol. The molecule has 3 nitrogen and oxygen atoms in total.